The van der Waals surface area contributed by atoms with Crippen LogP contribution in [0.15, 0.2) is 77.8 Å². The second kappa shape index (κ2) is 17.0. The average Bonchev–Trinajstić information content (AvgIpc) is 2.92. The van der Waals surface area contributed by atoms with Crippen LogP contribution in [-0.4, -0.2) is 31.4 Å². The van der Waals surface area contributed by atoms with E-state index in [9.17, 15) is 14.4 Å². The Balaban J connectivity index is 0.000000349. The van der Waals surface area contributed by atoms with Gasteiger partial charge in [0, 0.05) is 11.4 Å². The molecule has 8 nitrogen and oxygen atoms in total. The summed E-state index contributed by atoms with van der Waals surface area (Å²) in [5.41, 5.74) is 11.4. The fraction of sp³-hybridized carbons (Fsp3) is 0.417. The molecule has 1 amide bonds. The Hall–Kier alpha value is -4.42. The molecule has 3 N–H and O–H groups in total. The predicted octanol–water partition coefficient (Wildman–Crippen LogP) is 8.61. The number of carbonyl (C=O) groups excluding carboxylic acids is 3. The van der Waals surface area contributed by atoms with Gasteiger partial charge in [-0.15, -0.1) is 0 Å². The molecule has 0 aliphatic carbocycles. The highest BCUT2D eigenvalue weighted by Crippen LogP contribution is 2.31. The first-order chi connectivity index (χ1) is 20.4. The minimum absolute atomic E-state index is 0.0109. The van der Waals surface area contributed by atoms with Crippen LogP contribution in [0.3, 0.4) is 0 Å². The fourth-order valence-electron chi connectivity index (χ4n) is 4.15. The van der Waals surface area contributed by atoms with Crippen LogP contribution in [0.1, 0.15) is 85.9 Å². The minimum Gasteiger partial charge on any atom is -0.463 e. The lowest BCUT2D eigenvalue weighted by Crippen LogP contribution is -2.22. The van der Waals surface area contributed by atoms with Crippen LogP contribution < -0.4 is 11.1 Å². The summed E-state index contributed by atoms with van der Waals surface area (Å²) in [6.07, 6.45) is 0.900. The number of carbonyl (C=O) groups is 2. The van der Waals surface area contributed by atoms with E-state index in [2.05, 4.69) is 83.4 Å². The molecule has 0 heterocycles. The summed E-state index contributed by atoms with van der Waals surface area (Å²) in [4.78, 5) is 36.6. The van der Waals surface area contributed by atoms with Gasteiger partial charge in [-0.05, 0) is 58.1 Å². The lowest BCUT2D eigenvalue weighted by atomic mass is 9.86. The van der Waals surface area contributed by atoms with E-state index in [0.29, 0.717) is 11.4 Å². The van der Waals surface area contributed by atoms with E-state index >= 15 is 0 Å². The Kier molecular flexibility index (Phi) is 14.5. The Morgan fingerprint density at radius 3 is 1.68 bits per heavy atom. The maximum absolute atomic E-state index is 11.7. The van der Waals surface area contributed by atoms with Gasteiger partial charge < -0.3 is 15.2 Å². The highest BCUT2D eigenvalue weighted by atomic mass is 16.6. The lowest BCUT2D eigenvalue weighted by molar-refractivity contribution is -0.146. The number of ether oxygens (including phenoxy) is 2. The van der Waals surface area contributed by atoms with Crippen molar-refractivity contribution < 1.29 is 23.9 Å². The van der Waals surface area contributed by atoms with Crippen molar-refractivity contribution >= 4 is 35.2 Å². The number of para-hydroxylation sites is 3. The van der Waals surface area contributed by atoms with E-state index in [1.807, 2.05) is 60.7 Å². The summed E-state index contributed by atoms with van der Waals surface area (Å²) in [5, 5.41) is 2.65. The third-order valence-corrected chi connectivity index (χ3v) is 6.25. The van der Waals surface area contributed by atoms with Crippen molar-refractivity contribution in [1.82, 2.24) is 0 Å². The van der Waals surface area contributed by atoms with Crippen LogP contribution in [0.5, 0.6) is 0 Å². The Labute approximate surface area is 263 Å². The summed E-state index contributed by atoms with van der Waals surface area (Å²) >= 11 is 0. The van der Waals surface area contributed by atoms with Crippen LogP contribution >= 0.6 is 0 Å². The van der Waals surface area contributed by atoms with Gasteiger partial charge in [0.15, 0.2) is 6.61 Å². The first-order valence-electron chi connectivity index (χ1n) is 14.6. The van der Waals surface area contributed by atoms with Gasteiger partial charge in [-0.2, -0.15) is 4.99 Å². The van der Waals surface area contributed by atoms with E-state index in [1.54, 1.807) is 19.1 Å². The van der Waals surface area contributed by atoms with E-state index in [0.717, 1.165) is 16.8 Å². The first-order valence-corrected chi connectivity index (χ1v) is 14.6. The first kappa shape index (κ1) is 37.6. The highest BCUT2D eigenvalue weighted by Gasteiger charge is 2.19. The molecule has 0 radical (unpaired) electrons. The Morgan fingerprint density at radius 1 is 0.727 bits per heavy atom. The zero-order chi connectivity index (χ0) is 33.6. The number of anilines is 2. The maximum Gasteiger partial charge on any atom is 0.412 e. The van der Waals surface area contributed by atoms with E-state index < -0.39 is 18.7 Å². The molecular formula is C36H49N3O5. The van der Waals surface area contributed by atoms with E-state index in [1.165, 1.54) is 5.56 Å². The smallest absolute Gasteiger partial charge is 0.412 e. The van der Waals surface area contributed by atoms with Crippen LogP contribution in [0, 0.1) is 0 Å². The maximum atomic E-state index is 11.7. The van der Waals surface area contributed by atoms with Crippen LogP contribution in [0.2, 0.25) is 0 Å². The number of nitrogens with two attached hydrogens (primary N) is 1. The number of nitrogen functional groups attached to an aromatic ring is 1. The fourth-order valence-corrected chi connectivity index (χ4v) is 4.15. The molecule has 238 valence electrons. The number of nitrogens with zero attached hydrogens (tertiary/aromatic N) is 1. The number of hydrogen-bond acceptors (Lipinski definition) is 7. The third kappa shape index (κ3) is 13.3. The summed E-state index contributed by atoms with van der Waals surface area (Å²) < 4.78 is 9.48. The molecule has 0 atom stereocenters. The molecule has 0 bridgehead atoms. The Bertz CT molecular complexity index is 1410. The number of aliphatic imine (C=N–C) groups is 1. The molecule has 0 saturated heterocycles. The van der Waals surface area contributed by atoms with Crippen LogP contribution in [0.25, 0.3) is 0 Å². The molecule has 3 aromatic carbocycles. The van der Waals surface area contributed by atoms with Gasteiger partial charge in [-0.1, -0.05) is 117 Å². The van der Waals surface area contributed by atoms with Crippen molar-refractivity contribution in [3.05, 3.63) is 89.5 Å². The largest absolute Gasteiger partial charge is 0.463 e. The lowest BCUT2D eigenvalue weighted by Gasteiger charge is -2.22. The van der Waals surface area contributed by atoms with Crippen molar-refractivity contribution in [2.45, 2.75) is 85.5 Å². The molecule has 44 heavy (non-hydrogen) atoms. The van der Waals surface area contributed by atoms with Gasteiger partial charge in [0.25, 0.3) is 0 Å². The van der Waals surface area contributed by atoms with Crippen molar-refractivity contribution in [3.63, 3.8) is 0 Å². The second-order valence-electron chi connectivity index (χ2n) is 13.1. The summed E-state index contributed by atoms with van der Waals surface area (Å²) in [6.45, 7) is 20.5. The normalized spacial score (nSPS) is 11.0. The number of nitrogens with one attached hydrogen (secondary N) is 1. The van der Waals surface area contributed by atoms with Crippen molar-refractivity contribution in [3.8, 4) is 0 Å². The van der Waals surface area contributed by atoms with Gasteiger partial charge in [-0.3, -0.25) is 5.32 Å². The molecule has 0 saturated carbocycles. The molecule has 8 heteroatoms. The summed E-state index contributed by atoms with van der Waals surface area (Å²) in [5.74, 6) is -0.563. The van der Waals surface area contributed by atoms with Crippen LogP contribution in [0.4, 0.5) is 21.9 Å². The topological polar surface area (TPSA) is 120 Å². The molecule has 0 aliphatic heterocycles. The monoisotopic (exact) mass is 603 g/mol. The van der Waals surface area contributed by atoms with Gasteiger partial charge >= 0.3 is 12.1 Å². The second-order valence-corrected chi connectivity index (χ2v) is 13.1. The van der Waals surface area contributed by atoms with Gasteiger partial charge in [-0.25, -0.2) is 14.4 Å². The summed E-state index contributed by atoms with van der Waals surface area (Å²) in [7, 11) is 0. The molecule has 0 aromatic heterocycles. The predicted molar refractivity (Wildman–Crippen MR) is 179 cm³/mol. The van der Waals surface area contributed by atoms with Gasteiger partial charge in [0.05, 0.1) is 12.3 Å². The quantitative estimate of drug-likeness (QED) is 0.130. The molecular weight excluding hydrogens is 554 g/mol. The van der Waals surface area contributed by atoms with Crippen molar-refractivity contribution in [1.29, 1.82) is 0 Å². The molecule has 0 spiro atoms. The van der Waals surface area contributed by atoms with E-state index in [4.69, 9.17) is 10.5 Å². The minimum atomic E-state index is -0.672. The number of hydrogen-bond donors (Lipinski definition) is 2. The standard InChI is InChI=1S/C15H21NO4.C11H13NO.C10H15N/c1-5-19-13(17)10-20-14(18)16-12-9-7-6-8-11(12)15(2,3)4;1-11(2,3)9-6-4-5-7-10(9)12-8-13;1-10(2,3)8-6-4-5-7-9(8)11/h6-9H,5,10H2,1-4H3,(H,16,18);4-7H,1-3H3;4-7H,11H2,1-3H3. The van der Waals surface area contributed by atoms with Gasteiger partial charge in [0.1, 0.15) is 0 Å². The Morgan fingerprint density at radius 2 is 1.20 bits per heavy atom. The number of amides is 1. The molecule has 0 fully saturated rings. The third-order valence-electron chi connectivity index (χ3n) is 6.25. The van der Waals surface area contributed by atoms with Crippen molar-refractivity contribution in [2.75, 3.05) is 24.3 Å². The SMILES string of the molecule is CC(C)(C)c1ccccc1N.CC(C)(C)c1ccccc1N=C=O.CCOC(=O)COC(=O)Nc1ccccc1C(C)(C)C. The number of esters is 1. The summed E-state index contributed by atoms with van der Waals surface area (Å²) in [6, 6.07) is 23.1. The molecule has 0 aliphatic rings. The van der Waals surface area contributed by atoms with Gasteiger partial charge in [0.2, 0.25) is 6.08 Å². The zero-order valence-corrected chi connectivity index (χ0v) is 27.9. The average molecular weight is 604 g/mol. The molecule has 3 rings (SSSR count). The van der Waals surface area contributed by atoms with Crippen LogP contribution in [-0.2, 0) is 35.3 Å². The number of benzene rings is 3. The van der Waals surface area contributed by atoms with E-state index in [-0.39, 0.29) is 22.9 Å². The zero-order valence-electron chi connectivity index (χ0n) is 27.9. The number of isocyanates is 1. The number of rotatable bonds is 5. The van der Waals surface area contributed by atoms with Crippen molar-refractivity contribution in [2.24, 2.45) is 4.99 Å². The highest BCUT2D eigenvalue weighted by molar-refractivity contribution is 5.87. The molecule has 0 unspecified atom stereocenters. The molecule has 3 aromatic rings.